The molecule has 0 saturated carbocycles. The van der Waals surface area contributed by atoms with Gasteiger partial charge in [-0.2, -0.15) is 0 Å². The number of benzene rings is 1. The molecule has 16 heavy (non-hydrogen) atoms. The van der Waals surface area contributed by atoms with Crippen LogP contribution in [0.4, 0.5) is 0 Å². The number of aromatic nitrogens is 1. The van der Waals surface area contributed by atoms with Crippen LogP contribution >= 0.6 is 0 Å². The molecule has 3 heteroatoms. The highest BCUT2D eigenvalue weighted by atomic mass is 16.4. The zero-order chi connectivity index (χ0) is 11.1. The quantitative estimate of drug-likeness (QED) is 0.537. The zero-order valence-corrected chi connectivity index (χ0v) is 8.73. The maximum atomic E-state index is 11.1. The van der Waals surface area contributed by atoms with E-state index in [-0.39, 0.29) is 5.63 Å². The molecule has 1 aromatic carbocycles. The van der Waals surface area contributed by atoms with E-state index < -0.39 is 0 Å². The smallest absolute Gasteiger partial charge is 0.337 e. The van der Waals surface area contributed by atoms with Gasteiger partial charge in [0.2, 0.25) is 5.71 Å². The number of hydrogen-bond acceptors (Lipinski definition) is 3. The van der Waals surface area contributed by atoms with Crippen LogP contribution in [0.3, 0.4) is 0 Å². The molecular formula is C13H9NO2. The van der Waals surface area contributed by atoms with Crippen LogP contribution in [0.5, 0.6) is 0 Å². The summed E-state index contributed by atoms with van der Waals surface area (Å²) >= 11 is 0. The average Bonchev–Trinajstić information content (AvgIpc) is 2.26. The Morgan fingerprint density at radius 2 is 1.88 bits per heavy atom. The summed E-state index contributed by atoms with van der Waals surface area (Å²) in [6.07, 6.45) is 0. The number of pyridine rings is 1. The molecule has 3 aromatic rings. The standard InChI is InChI=1S/C13H9NO2/c1-8-2-3-9-7-10-4-5-12(15)16-13(10)14-11(9)6-8/h2-7H,1H3. The second-order valence-electron chi connectivity index (χ2n) is 3.83. The number of aryl methyl sites for hydroxylation is 1. The summed E-state index contributed by atoms with van der Waals surface area (Å²) in [6.45, 7) is 2.01. The summed E-state index contributed by atoms with van der Waals surface area (Å²) in [5, 5.41) is 1.89. The zero-order valence-electron chi connectivity index (χ0n) is 8.73. The van der Waals surface area contributed by atoms with Crippen LogP contribution in [0.2, 0.25) is 0 Å². The van der Waals surface area contributed by atoms with Gasteiger partial charge >= 0.3 is 5.63 Å². The summed E-state index contributed by atoms with van der Waals surface area (Å²) < 4.78 is 5.04. The van der Waals surface area contributed by atoms with Crippen LogP contribution in [0, 0.1) is 6.92 Å². The van der Waals surface area contributed by atoms with E-state index >= 15 is 0 Å². The van der Waals surface area contributed by atoms with Crippen LogP contribution in [0.25, 0.3) is 22.0 Å². The number of hydrogen-bond donors (Lipinski definition) is 0. The van der Waals surface area contributed by atoms with Crippen molar-refractivity contribution in [1.29, 1.82) is 0 Å². The molecule has 0 aliphatic carbocycles. The van der Waals surface area contributed by atoms with E-state index in [1.807, 2.05) is 31.2 Å². The van der Waals surface area contributed by atoms with E-state index in [0.717, 1.165) is 21.9 Å². The molecule has 0 aliphatic rings. The first-order valence-electron chi connectivity index (χ1n) is 5.04. The highest BCUT2D eigenvalue weighted by Gasteiger charge is 2.02. The highest BCUT2D eigenvalue weighted by molar-refractivity contribution is 5.90. The van der Waals surface area contributed by atoms with Gasteiger partial charge in [-0.15, -0.1) is 0 Å². The lowest BCUT2D eigenvalue weighted by molar-refractivity contribution is 0.551. The average molecular weight is 211 g/mol. The molecule has 0 radical (unpaired) electrons. The van der Waals surface area contributed by atoms with Gasteiger partial charge in [0.05, 0.1) is 5.52 Å². The maximum absolute atomic E-state index is 11.1. The lowest BCUT2D eigenvalue weighted by Gasteiger charge is -2.00. The van der Waals surface area contributed by atoms with Gasteiger partial charge in [-0.1, -0.05) is 12.1 Å². The normalized spacial score (nSPS) is 11.1. The van der Waals surface area contributed by atoms with Crippen molar-refractivity contribution in [3.63, 3.8) is 0 Å². The van der Waals surface area contributed by atoms with Crippen LogP contribution in [0.15, 0.2) is 45.6 Å². The first kappa shape index (κ1) is 9.09. The molecule has 0 saturated heterocycles. The topological polar surface area (TPSA) is 43.1 Å². The Hall–Kier alpha value is -2.16. The Bertz CT molecular complexity index is 744. The van der Waals surface area contributed by atoms with Crippen LogP contribution in [0.1, 0.15) is 5.56 Å². The molecule has 0 aliphatic heterocycles. The largest absolute Gasteiger partial charge is 0.404 e. The third-order valence-electron chi connectivity index (χ3n) is 2.56. The molecule has 0 fully saturated rings. The first-order valence-corrected chi connectivity index (χ1v) is 5.04. The highest BCUT2D eigenvalue weighted by Crippen LogP contribution is 2.19. The van der Waals surface area contributed by atoms with Crippen LogP contribution in [-0.2, 0) is 0 Å². The Kier molecular flexibility index (Phi) is 1.80. The van der Waals surface area contributed by atoms with Gasteiger partial charge in [0.25, 0.3) is 0 Å². The summed E-state index contributed by atoms with van der Waals surface area (Å²) in [7, 11) is 0. The van der Waals surface area contributed by atoms with Gasteiger partial charge in [0.1, 0.15) is 0 Å². The van der Waals surface area contributed by atoms with E-state index in [4.69, 9.17) is 4.42 Å². The molecule has 0 unspecified atom stereocenters. The third-order valence-corrected chi connectivity index (χ3v) is 2.56. The Labute approximate surface area is 91.3 Å². The molecule has 0 bridgehead atoms. The second-order valence-corrected chi connectivity index (χ2v) is 3.83. The lowest BCUT2D eigenvalue weighted by Crippen LogP contribution is -1.95. The number of fused-ring (bicyclic) bond motifs is 2. The van der Waals surface area contributed by atoms with Crippen LogP contribution < -0.4 is 5.63 Å². The van der Waals surface area contributed by atoms with Gasteiger partial charge in [0.15, 0.2) is 0 Å². The molecule has 3 nitrogen and oxygen atoms in total. The second kappa shape index (κ2) is 3.17. The monoisotopic (exact) mass is 211 g/mol. The molecular weight excluding hydrogens is 202 g/mol. The van der Waals surface area contributed by atoms with Crippen molar-refractivity contribution in [3.05, 3.63) is 52.4 Å². The lowest BCUT2D eigenvalue weighted by atomic mass is 10.1. The van der Waals surface area contributed by atoms with Crippen molar-refractivity contribution in [2.45, 2.75) is 6.92 Å². The predicted octanol–water partition coefficient (Wildman–Crippen LogP) is 2.65. The van der Waals surface area contributed by atoms with Crippen molar-refractivity contribution in [2.75, 3.05) is 0 Å². The van der Waals surface area contributed by atoms with E-state index in [9.17, 15) is 4.79 Å². The Morgan fingerprint density at radius 1 is 1.06 bits per heavy atom. The Balaban J connectivity index is 2.49. The molecule has 78 valence electrons. The third kappa shape index (κ3) is 1.37. The van der Waals surface area contributed by atoms with Gasteiger partial charge < -0.3 is 4.42 Å². The van der Waals surface area contributed by atoms with E-state index in [2.05, 4.69) is 4.98 Å². The van der Waals surface area contributed by atoms with Crippen molar-refractivity contribution in [1.82, 2.24) is 4.98 Å². The van der Waals surface area contributed by atoms with Gasteiger partial charge in [-0.25, -0.2) is 9.78 Å². The van der Waals surface area contributed by atoms with Gasteiger partial charge in [0, 0.05) is 16.8 Å². The fraction of sp³-hybridized carbons (Fsp3) is 0.0769. The predicted molar refractivity (Wildman–Crippen MR) is 62.5 cm³/mol. The van der Waals surface area contributed by atoms with Crippen molar-refractivity contribution in [2.24, 2.45) is 0 Å². The van der Waals surface area contributed by atoms with E-state index in [1.54, 1.807) is 6.07 Å². The molecule has 3 rings (SSSR count). The van der Waals surface area contributed by atoms with E-state index in [0.29, 0.717) is 5.71 Å². The molecule has 0 spiro atoms. The van der Waals surface area contributed by atoms with Gasteiger partial charge in [-0.3, -0.25) is 0 Å². The number of rotatable bonds is 0. The first-order chi connectivity index (χ1) is 7.72. The molecule has 2 aromatic heterocycles. The summed E-state index contributed by atoms with van der Waals surface area (Å²) in [4.78, 5) is 15.4. The molecule has 0 amide bonds. The minimum atomic E-state index is -0.369. The fourth-order valence-corrected chi connectivity index (χ4v) is 1.76. The molecule has 0 atom stereocenters. The molecule has 0 N–H and O–H groups in total. The fourth-order valence-electron chi connectivity index (χ4n) is 1.76. The molecule has 2 heterocycles. The van der Waals surface area contributed by atoms with Crippen molar-refractivity contribution >= 4 is 22.0 Å². The summed E-state index contributed by atoms with van der Waals surface area (Å²) in [5.74, 6) is 0. The SMILES string of the molecule is Cc1ccc2cc3ccc(=O)oc3nc2c1. The summed E-state index contributed by atoms with van der Waals surface area (Å²) in [6, 6.07) is 11.1. The van der Waals surface area contributed by atoms with Crippen molar-refractivity contribution in [3.8, 4) is 0 Å². The Morgan fingerprint density at radius 3 is 2.75 bits per heavy atom. The minimum Gasteiger partial charge on any atom is -0.404 e. The number of nitrogens with zero attached hydrogens (tertiary/aromatic N) is 1. The maximum Gasteiger partial charge on any atom is 0.337 e. The van der Waals surface area contributed by atoms with Gasteiger partial charge in [-0.05, 0) is 30.7 Å². The minimum absolute atomic E-state index is 0.369. The van der Waals surface area contributed by atoms with Crippen LogP contribution in [-0.4, -0.2) is 4.98 Å². The van der Waals surface area contributed by atoms with E-state index in [1.165, 1.54) is 6.07 Å². The van der Waals surface area contributed by atoms with Crippen molar-refractivity contribution < 1.29 is 4.42 Å². The summed E-state index contributed by atoms with van der Waals surface area (Å²) in [5.41, 5.74) is 2.01.